The molecule has 5 nitrogen and oxygen atoms in total. The molecule has 1 amide bonds. The van der Waals surface area contributed by atoms with Gasteiger partial charge in [0, 0.05) is 12.1 Å². The fourth-order valence-corrected chi connectivity index (χ4v) is 2.36. The molecule has 0 radical (unpaired) electrons. The Labute approximate surface area is 130 Å². The SMILES string of the molecule is C=CCNC(=O)COc1ccc2c(c1C)OC(C)(C)CC2=O. The first-order chi connectivity index (χ1) is 10.3. The third-order valence-electron chi connectivity index (χ3n) is 3.42. The van der Waals surface area contributed by atoms with Gasteiger partial charge >= 0.3 is 0 Å². The van der Waals surface area contributed by atoms with Gasteiger partial charge in [0.1, 0.15) is 17.1 Å². The van der Waals surface area contributed by atoms with E-state index in [9.17, 15) is 9.59 Å². The third kappa shape index (κ3) is 3.47. The van der Waals surface area contributed by atoms with Gasteiger partial charge in [-0.1, -0.05) is 6.08 Å². The molecule has 0 bridgehead atoms. The standard InChI is InChI=1S/C17H21NO4/c1-5-8-18-15(20)10-21-14-7-6-12-13(19)9-17(3,4)22-16(12)11(14)2/h5-7H,1,8-10H2,2-4H3,(H,18,20). The molecule has 0 saturated heterocycles. The maximum Gasteiger partial charge on any atom is 0.258 e. The molecular formula is C17H21NO4. The van der Waals surface area contributed by atoms with Gasteiger partial charge in [-0.05, 0) is 32.9 Å². The molecule has 0 unspecified atom stereocenters. The molecule has 1 aliphatic rings. The summed E-state index contributed by atoms with van der Waals surface area (Å²) in [5.41, 5.74) is 0.768. The average molecular weight is 303 g/mol. The molecule has 1 aromatic carbocycles. The molecule has 0 aromatic heterocycles. The van der Waals surface area contributed by atoms with Crippen LogP contribution in [0.3, 0.4) is 0 Å². The summed E-state index contributed by atoms with van der Waals surface area (Å²) in [7, 11) is 0. The first-order valence-electron chi connectivity index (χ1n) is 7.20. The van der Waals surface area contributed by atoms with Crippen LogP contribution in [0.2, 0.25) is 0 Å². The lowest BCUT2D eigenvalue weighted by molar-refractivity contribution is -0.122. The highest BCUT2D eigenvalue weighted by Gasteiger charge is 2.34. The summed E-state index contributed by atoms with van der Waals surface area (Å²) in [6.45, 7) is 9.42. The van der Waals surface area contributed by atoms with Crippen molar-refractivity contribution < 1.29 is 19.1 Å². The van der Waals surface area contributed by atoms with E-state index in [1.807, 2.05) is 20.8 Å². The maximum absolute atomic E-state index is 12.2. The minimum Gasteiger partial charge on any atom is -0.486 e. The lowest BCUT2D eigenvalue weighted by atomic mass is 9.91. The number of nitrogens with one attached hydrogen (secondary N) is 1. The summed E-state index contributed by atoms with van der Waals surface area (Å²) in [4.78, 5) is 23.7. The molecule has 0 aliphatic carbocycles. The average Bonchev–Trinajstić information content (AvgIpc) is 2.44. The van der Waals surface area contributed by atoms with Gasteiger partial charge in [-0.2, -0.15) is 0 Å². The number of fused-ring (bicyclic) bond motifs is 1. The zero-order chi connectivity index (χ0) is 16.3. The normalized spacial score (nSPS) is 15.5. The number of ether oxygens (including phenoxy) is 2. The Balaban J connectivity index is 2.17. The zero-order valence-corrected chi connectivity index (χ0v) is 13.2. The zero-order valence-electron chi connectivity index (χ0n) is 13.2. The van der Waals surface area contributed by atoms with Crippen LogP contribution in [0.25, 0.3) is 0 Å². The molecule has 2 rings (SSSR count). The Morgan fingerprint density at radius 2 is 2.23 bits per heavy atom. The van der Waals surface area contributed by atoms with Crippen molar-refractivity contribution in [3.8, 4) is 11.5 Å². The van der Waals surface area contributed by atoms with E-state index in [0.717, 1.165) is 5.56 Å². The van der Waals surface area contributed by atoms with Gasteiger partial charge in [0.05, 0.1) is 12.0 Å². The second-order valence-corrected chi connectivity index (χ2v) is 5.91. The van der Waals surface area contributed by atoms with Crippen molar-refractivity contribution in [2.45, 2.75) is 32.8 Å². The Morgan fingerprint density at radius 3 is 2.91 bits per heavy atom. The topological polar surface area (TPSA) is 64.6 Å². The molecule has 5 heteroatoms. The highest BCUT2D eigenvalue weighted by Crippen LogP contribution is 2.39. The summed E-state index contributed by atoms with van der Waals surface area (Å²) < 4.78 is 11.4. The number of amides is 1. The van der Waals surface area contributed by atoms with Crippen LogP contribution in [0, 0.1) is 6.92 Å². The van der Waals surface area contributed by atoms with Crippen molar-refractivity contribution in [3.05, 3.63) is 35.9 Å². The number of carbonyl (C=O) groups excluding carboxylic acids is 2. The Morgan fingerprint density at radius 1 is 1.50 bits per heavy atom. The van der Waals surface area contributed by atoms with E-state index in [1.54, 1.807) is 18.2 Å². The van der Waals surface area contributed by atoms with Crippen LogP contribution in [0.4, 0.5) is 0 Å². The lowest BCUT2D eigenvalue weighted by Gasteiger charge is -2.33. The number of ketones is 1. The van der Waals surface area contributed by atoms with Gasteiger partial charge in [-0.15, -0.1) is 6.58 Å². The lowest BCUT2D eigenvalue weighted by Crippen LogP contribution is -2.36. The minimum atomic E-state index is -0.533. The highest BCUT2D eigenvalue weighted by molar-refractivity contribution is 6.01. The van der Waals surface area contributed by atoms with Crippen LogP contribution in [0.5, 0.6) is 11.5 Å². The molecule has 0 atom stereocenters. The molecule has 1 N–H and O–H groups in total. The van der Waals surface area contributed by atoms with E-state index in [0.29, 0.717) is 30.0 Å². The van der Waals surface area contributed by atoms with Crippen LogP contribution >= 0.6 is 0 Å². The van der Waals surface area contributed by atoms with Crippen molar-refractivity contribution >= 4 is 11.7 Å². The second-order valence-electron chi connectivity index (χ2n) is 5.91. The molecule has 1 aromatic rings. The van der Waals surface area contributed by atoms with E-state index in [1.165, 1.54) is 0 Å². The first kappa shape index (κ1) is 16.1. The maximum atomic E-state index is 12.2. The van der Waals surface area contributed by atoms with Gasteiger partial charge < -0.3 is 14.8 Å². The molecule has 0 saturated carbocycles. The number of hydrogen-bond donors (Lipinski definition) is 1. The molecule has 118 valence electrons. The molecule has 1 heterocycles. The van der Waals surface area contributed by atoms with Gasteiger partial charge in [-0.3, -0.25) is 9.59 Å². The van der Waals surface area contributed by atoms with E-state index in [-0.39, 0.29) is 18.3 Å². The van der Waals surface area contributed by atoms with Gasteiger partial charge in [0.15, 0.2) is 12.4 Å². The number of Topliss-reactive ketones (excluding diaryl/α,β-unsaturated/α-hetero) is 1. The quantitative estimate of drug-likeness (QED) is 0.848. The Hall–Kier alpha value is -2.30. The molecule has 0 spiro atoms. The van der Waals surface area contributed by atoms with Crippen molar-refractivity contribution in [1.29, 1.82) is 0 Å². The Kier molecular flexibility index (Phi) is 4.54. The molecule has 0 fully saturated rings. The number of hydrogen-bond acceptors (Lipinski definition) is 4. The molecule has 22 heavy (non-hydrogen) atoms. The molecule has 1 aliphatic heterocycles. The fraction of sp³-hybridized carbons (Fsp3) is 0.412. The summed E-state index contributed by atoms with van der Waals surface area (Å²) >= 11 is 0. The van der Waals surface area contributed by atoms with E-state index in [4.69, 9.17) is 9.47 Å². The van der Waals surface area contributed by atoms with E-state index < -0.39 is 5.60 Å². The van der Waals surface area contributed by atoms with Crippen LogP contribution in [-0.4, -0.2) is 30.4 Å². The van der Waals surface area contributed by atoms with Crippen molar-refractivity contribution in [3.63, 3.8) is 0 Å². The van der Waals surface area contributed by atoms with Crippen LogP contribution < -0.4 is 14.8 Å². The van der Waals surface area contributed by atoms with Gasteiger partial charge in [-0.25, -0.2) is 0 Å². The molecular weight excluding hydrogens is 282 g/mol. The predicted octanol–water partition coefficient (Wildman–Crippen LogP) is 2.42. The third-order valence-corrected chi connectivity index (χ3v) is 3.42. The van der Waals surface area contributed by atoms with Crippen molar-refractivity contribution in [2.75, 3.05) is 13.2 Å². The summed E-state index contributed by atoms with van der Waals surface area (Å²) in [5.74, 6) is 0.919. The summed E-state index contributed by atoms with van der Waals surface area (Å²) in [6, 6.07) is 3.39. The van der Waals surface area contributed by atoms with Gasteiger partial charge in [0.25, 0.3) is 5.91 Å². The minimum absolute atomic E-state index is 0.0598. The van der Waals surface area contributed by atoms with E-state index in [2.05, 4.69) is 11.9 Å². The Bertz CT molecular complexity index is 619. The van der Waals surface area contributed by atoms with Gasteiger partial charge in [0.2, 0.25) is 0 Å². The van der Waals surface area contributed by atoms with Crippen LogP contribution in [0.1, 0.15) is 36.2 Å². The second kappa shape index (κ2) is 6.22. The summed E-state index contributed by atoms with van der Waals surface area (Å²) in [5, 5.41) is 2.64. The van der Waals surface area contributed by atoms with Crippen LogP contribution in [-0.2, 0) is 4.79 Å². The smallest absolute Gasteiger partial charge is 0.258 e. The highest BCUT2D eigenvalue weighted by atomic mass is 16.5. The first-order valence-corrected chi connectivity index (χ1v) is 7.20. The van der Waals surface area contributed by atoms with Crippen molar-refractivity contribution in [2.24, 2.45) is 0 Å². The monoisotopic (exact) mass is 303 g/mol. The van der Waals surface area contributed by atoms with Crippen molar-refractivity contribution in [1.82, 2.24) is 5.32 Å². The predicted molar refractivity (Wildman–Crippen MR) is 83.5 cm³/mol. The summed E-state index contributed by atoms with van der Waals surface area (Å²) in [6.07, 6.45) is 1.95. The fourth-order valence-electron chi connectivity index (χ4n) is 2.36. The largest absolute Gasteiger partial charge is 0.486 e. The number of rotatable bonds is 5. The number of carbonyl (C=O) groups is 2. The van der Waals surface area contributed by atoms with Crippen LogP contribution in [0.15, 0.2) is 24.8 Å². The number of benzene rings is 1. The van der Waals surface area contributed by atoms with E-state index >= 15 is 0 Å².